The molecule has 5 N–H and O–H groups in total. The summed E-state index contributed by atoms with van der Waals surface area (Å²) in [5.74, 6) is -1.27. The van der Waals surface area contributed by atoms with E-state index >= 15 is 0 Å². The van der Waals surface area contributed by atoms with Crippen molar-refractivity contribution < 1.29 is 47.4 Å². The number of ether oxygens (including phenoxy) is 2. The van der Waals surface area contributed by atoms with Gasteiger partial charge in [0.15, 0.2) is 23.2 Å². The Bertz CT molecular complexity index is 2320. The van der Waals surface area contributed by atoms with Crippen molar-refractivity contribution in [3.8, 4) is 11.4 Å². The number of hydrogen-bond donors (Lipinski definition) is 4. The van der Waals surface area contributed by atoms with Gasteiger partial charge in [-0.05, 0) is 24.6 Å². The van der Waals surface area contributed by atoms with Gasteiger partial charge in [0.25, 0.3) is 5.56 Å². The van der Waals surface area contributed by atoms with Crippen LogP contribution < -0.4 is 11.3 Å². The maximum absolute atomic E-state index is 13.9. The van der Waals surface area contributed by atoms with Crippen molar-refractivity contribution >= 4 is 41.7 Å². The summed E-state index contributed by atoms with van der Waals surface area (Å²) in [5, 5.41) is 22.3. The zero-order valence-electron chi connectivity index (χ0n) is 25.5. The first kappa shape index (κ1) is 31.6. The van der Waals surface area contributed by atoms with E-state index in [-0.39, 0.29) is 47.7 Å². The number of imidazole rings is 1. The fraction of sp³-hybridized carbons (Fsp3) is 0.333. The van der Waals surface area contributed by atoms with Crippen molar-refractivity contribution in [3.63, 3.8) is 0 Å². The van der Waals surface area contributed by atoms with Crippen LogP contribution in [0.5, 0.6) is 0 Å². The average molecular weight is 696 g/mol. The molecule has 49 heavy (non-hydrogen) atoms. The van der Waals surface area contributed by atoms with E-state index in [1.807, 2.05) is 30.3 Å². The van der Waals surface area contributed by atoms with Crippen LogP contribution in [-0.4, -0.2) is 75.1 Å². The number of hydrogen-bond acceptors (Lipinski definition) is 14. The summed E-state index contributed by atoms with van der Waals surface area (Å²) in [6.45, 7) is 0.552. The lowest BCUT2D eigenvalue weighted by Gasteiger charge is -2.36. The first-order valence-electron chi connectivity index (χ1n) is 15.1. The van der Waals surface area contributed by atoms with Crippen molar-refractivity contribution in [1.82, 2.24) is 29.1 Å². The van der Waals surface area contributed by atoms with E-state index in [0.29, 0.717) is 16.9 Å². The zero-order chi connectivity index (χ0) is 34.4. The van der Waals surface area contributed by atoms with E-state index in [2.05, 4.69) is 15.0 Å². The molecule has 1 unspecified atom stereocenters. The summed E-state index contributed by atoms with van der Waals surface area (Å²) in [4.78, 5) is 53.9. The lowest BCUT2D eigenvalue weighted by molar-refractivity contribution is -0.171. The molecule has 0 amide bonds. The van der Waals surface area contributed by atoms with Gasteiger partial charge in [0.1, 0.15) is 24.9 Å². The highest BCUT2D eigenvalue weighted by molar-refractivity contribution is 7.47. The number of phosphoric acid groups is 1. The molecule has 17 nitrogen and oxygen atoms in total. The number of nitrogens with zero attached hydrogens (tertiary/aromatic N) is 6. The van der Waals surface area contributed by atoms with Gasteiger partial charge in [-0.15, -0.1) is 0 Å². The van der Waals surface area contributed by atoms with Gasteiger partial charge >= 0.3 is 19.9 Å². The number of phosphoric ester groups is 1. The normalized spacial score (nSPS) is 25.6. The Morgan fingerprint density at radius 2 is 1.96 bits per heavy atom. The highest BCUT2D eigenvalue weighted by Gasteiger charge is 2.53. The molecule has 0 aliphatic carbocycles. The molecule has 0 radical (unpaired) electrons. The molecule has 6 atom stereocenters. The third-order valence-corrected chi connectivity index (χ3v) is 10.1. The Morgan fingerprint density at radius 3 is 2.76 bits per heavy atom. The van der Waals surface area contributed by atoms with Gasteiger partial charge in [-0.2, -0.15) is 14.4 Å². The van der Waals surface area contributed by atoms with Crippen LogP contribution in [0.4, 0.5) is 10.2 Å². The van der Waals surface area contributed by atoms with Crippen molar-refractivity contribution in [2.45, 2.75) is 56.6 Å². The second-order valence-corrected chi connectivity index (χ2v) is 13.2. The van der Waals surface area contributed by atoms with Crippen LogP contribution >= 0.6 is 7.82 Å². The van der Waals surface area contributed by atoms with Crippen LogP contribution in [-0.2, 0) is 46.6 Å². The first-order chi connectivity index (χ1) is 23.4. The number of esters is 1. The molecule has 19 heteroatoms. The molecule has 0 spiro atoms. The third kappa shape index (κ3) is 4.86. The third-order valence-electron chi connectivity index (χ3n) is 9.09. The Hall–Kier alpha value is -4.68. The van der Waals surface area contributed by atoms with E-state index in [4.69, 9.17) is 29.2 Å². The Balaban J connectivity index is 1.08. The Kier molecular flexibility index (Phi) is 7.20. The van der Waals surface area contributed by atoms with E-state index in [0.717, 1.165) is 21.8 Å². The summed E-state index contributed by atoms with van der Waals surface area (Å²) in [6.07, 6.45) is -6.36. The minimum Gasteiger partial charge on any atom is -0.458 e. The number of halogens is 1. The van der Waals surface area contributed by atoms with Gasteiger partial charge in [0, 0.05) is 16.5 Å². The number of pyridine rings is 2. The standard InChI is InChI=1S/C30H27FN7O10P/c1-2-30(16-8-18-20-14(7-13-5-3-4-6-17(13)34-20)9-37(18)26(41)15(16)10-45-28(30)42)48-49(43,44)46-11-19-22(39)23(40)27(47-19)38-12-33-21-24(32)35-29(31)36-25(21)38/h3-8,12,19,22-23,27,39-40H,2,9-11H2,1H3,(H,43,44)(H2,32,35,36)/t19-,22-,23+,27-,30+/m1/s1. The summed E-state index contributed by atoms with van der Waals surface area (Å²) >= 11 is 0. The van der Waals surface area contributed by atoms with Crippen LogP contribution in [0.1, 0.15) is 36.3 Å². The fourth-order valence-corrected chi connectivity index (χ4v) is 7.73. The number of rotatable bonds is 7. The number of para-hydroxylation sites is 1. The minimum atomic E-state index is -5.20. The molecular formula is C30H27FN7O10P. The largest absolute Gasteiger partial charge is 0.473 e. The Labute approximate surface area is 274 Å². The predicted octanol–water partition coefficient (Wildman–Crippen LogP) is 1.40. The number of carbonyl (C=O) groups excluding carboxylic acids is 1. The van der Waals surface area contributed by atoms with Gasteiger partial charge in [0.2, 0.25) is 5.60 Å². The summed E-state index contributed by atoms with van der Waals surface area (Å²) < 4.78 is 51.8. The Morgan fingerprint density at radius 1 is 1.16 bits per heavy atom. The number of nitrogens with two attached hydrogens (primary N) is 1. The van der Waals surface area contributed by atoms with Gasteiger partial charge in [0.05, 0.1) is 41.9 Å². The molecule has 3 aliphatic heterocycles. The summed E-state index contributed by atoms with van der Waals surface area (Å²) in [5.41, 5.74) is 5.38. The molecule has 3 aliphatic rings. The highest BCUT2D eigenvalue weighted by Crippen LogP contribution is 2.54. The number of fused-ring (bicyclic) bond motifs is 6. The van der Waals surface area contributed by atoms with Gasteiger partial charge in [-0.3, -0.25) is 18.4 Å². The lowest BCUT2D eigenvalue weighted by Crippen LogP contribution is -2.46. The van der Waals surface area contributed by atoms with Gasteiger partial charge < -0.3 is 34.9 Å². The molecule has 0 bridgehead atoms. The van der Waals surface area contributed by atoms with E-state index in [1.54, 1.807) is 6.07 Å². The first-order valence-corrected chi connectivity index (χ1v) is 16.6. The minimum absolute atomic E-state index is 0.0158. The van der Waals surface area contributed by atoms with Gasteiger partial charge in [-0.1, -0.05) is 25.1 Å². The van der Waals surface area contributed by atoms with Crippen LogP contribution in [0.3, 0.4) is 0 Å². The molecule has 7 heterocycles. The number of carbonyl (C=O) groups is 1. The van der Waals surface area contributed by atoms with Gasteiger partial charge in [-0.25, -0.2) is 19.3 Å². The summed E-state index contributed by atoms with van der Waals surface area (Å²) in [7, 11) is -5.20. The van der Waals surface area contributed by atoms with Crippen LogP contribution in [0, 0.1) is 6.08 Å². The van der Waals surface area contributed by atoms with Crippen molar-refractivity contribution in [2.24, 2.45) is 0 Å². The second-order valence-electron chi connectivity index (χ2n) is 11.9. The lowest BCUT2D eigenvalue weighted by atomic mass is 9.86. The number of aliphatic hydroxyl groups is 2. The van der Waals surface area contributed by atoms with Crippen LogP contribution in [0.25, 0.3) is 33.5 Å². The molecule has 4 aromatic heterocycles. The number of benzene rings is 1. The molecule has 1 saturated heterocycles. The SMILES string of the molecule is CC[C@@]1(OP(=O)(O)OC[C@H]2O[C@@H](n3cnc4c(N)nc(F)nc43)[C@@H](O)[C@@H]2O)C(=O)OCc2c1cc1n(c2=O)Cc2cc3ccccc3nc2-1. The summed E-state index contributed by atoms with van der Waals surface area (Å²) in [6, 6.07) is 10.9. The van der Waals surface area contributed by atoms with E-state index in [9.17, 15) is 33.7 Å². The molecule has 1 aromatic carbocycles. The van der Waals surface area contributed by atoms with Crippen LogP contribution in [0.15, 0.2) is 47.5 Å². The van der Waals surface area contributed by atoms with Crippen molar-refractivity contribution in [1.29, 1.82) is 0 Å². The molecule has 8 rings (SSSR count). The molecule has 5 aromatic rings. The highest BCUT2D eigenvalue weighted by atomic mass is 31.2. The van der Waals surface area contributed by atoms with Crippen molar-refractivity contribution in [3.05, 3.63) is 75.8 Å². The molecule has 1 fully saturated rings. The maximum Gasteiger partial charge on any atom is 0.473 e. The molecule has 0 saturated carbocycles. The topological polar surface area (TPSA) is 236 Å². The van der Waals surface area contributed by atoms with E-state index in [1.165, 1.54) is 11.5 Å². The molecule has 254 valence electrons. The maximum atomic E-state index is 13.9. The fourth-order valence-electron chi connectivity index (χ4n) is 6.65. The average Bonchev–Trinajstić information content (AvgIpc) is 3.74. The monoisotopic (exact) mass is 695 g/mol. The smallest absolute Gasteiger partial charge is 0.458 e. The van der Waals surface area contributed by atoms with Crippen LogP contribution in [0.2, 0.25) is 0 Å². The number of aromatic nitrogens is 6. The number of aliphatic hydroxyl groups excluding tert-OH is 2. The second kappa shape index (κ2) is 11.2. The molecular weight excluding hydrogens is 668 g/mol. The zero-order valence-corrected chi connectivity index (χ0v) is 26.4. The predicted molar refractivity (Wildman–Crippen MR) is 165 cm³/mol. The van der Waals surface area contributed by atoms with Crippen molar-refractivity contribution in [2.75, 3.05) is 12.3 Å². The number of cyclic esters (lactones) is 1. The van der Waals surface area contributed by atoms with E-state index < -0.39 is 62.2 Å². The number of anilines is 1. The number of nitrogen functional groups attached to an aromatic ring is 1. The quantitative estimate of drug-likeness (QED) is 0.105.